The van der Waals surface area contributed by atoms with Crippen LogP contribution < -0.4 is 4.74 Å². The fourth-order valence-electron chi connectivity index (χ4n) is 2.28. The van der Waals surface area contributed by atoms with Crippen LogP contribution in [0.15, 0.2) is 60.0 Å². The quantitative estimate of drug-likeness (QED) is 0.632. The van der Waals surface area contributed by atoms with Crippen LogP contribution in [0.2, 0.25) is 5.02 Å². The summed E-state index contributed by atoms with van der Waals surface area (Å²) in [5.74, 6) is 0.617. The van der Waals surface area contributed by atoms with Crippen LogP contribution in [0.25, 0.3) is 0 Å². The van der Waals surface area contributed by atoms with Gasteiger partial charge in [0.05, 0.1) is 0 Å². The van der Waals surface area contributed by atoms with Gasteiger partial charge in [0.1, 0.15) is 23.1 Å². The maximum Gasteiger partial charge on any atom is 0.273 e. The zero-order valence-corrected chi connectivity index (χ0v) is 15.3. The number of amides is 1. The molecule has 2 aromatic carbocycles. The van der Waals surface area contributed by atoms with E-state index in [1.807, 2.05) is 30.3 Å². The van der Waals surface area contributed by atoms with Gasteiger partial charge in [-0.05, 0) is 29.8 Å². The number of halogens is 1. The molecule has 0 N–H and O–H groups in total. The maximum absolute atomic E-state index is 12.5. The summed E-state index contributed by atoms with van der Waals surface area (Å²) in [5.41, 5.74) is 1.53. The van der Waals surface area contributed by atoms with Crippen LogP contribution in [-0.4, -0.2) is 22.8 Å². The van der Waals surface area contributed by atoms with Gasteiger partial charge in [0.25, 0.3) is 5.91 Å². The molecule has 3 aromatic rings. The molecule has 1 aromatic heterocycles. The monoisotopic (exact) mass is 372 g/mol. The molecule has 1 amide bonds. The molecule has 25 heavy (non-hydrogen) atoms. The second-order valence-electron chi connectivity index (χ2n) is 5.52. The molecule has 0 aliphatic rings. The first-order valence-corrected chi connectivity index (χ1v) is 9.00. The Morgan fingerprint density at radius 2 is 1.88 bits per heavy atom. The molecule has 0 unspecified atom stereocenters. The van der Waals surface area contributed by atoms with Gasteiger partial charge in [-0.15, -0.1) is 11.3 Å². The fourth-order valence-corrected chi connectivity index (χ4v) is 3.08. The van der Waals surface area contributed by atoms with Crippen molar-refractivity contribution in [3.05, 3.63) is 81.3 Å². The Morgan fingerprint density at radius 1 is 1.16 bits per heavy atom. The van der Waals surface area contributed by atoms with Crippen molar-refractivity contribution >= 4 is 28.8 Å². The number of aromatic nitrogens is 1. The van der Waals surface area contributed by atoms with Crippen molar-refractivity contribution in [1.82, 2.24) is 9.88 Å². The van der Waals surface area contributed by atoms with Gasteiger partial charge in [0, 0.05) is 24.0 Å². The highest BCUT2D eigenvalue weighted by Crippen LogP contribution is 2.19. The smallest absolute Gasteiger partial charge is 0.273 e. The zero-order valence-electron chi connectivity index (χ0n) is 13.7. The highest BCUT2D eigenvalue weighted by atomic mass is 35.5. The number of carbonyl (C=O) groups excluding carboxylic acids is 1. The van der Waals surface area contributed by atoms with Gasteiger partial charge in [-0.25, -0.2) is 4.98 Å². The largest absolute Gasteiger partial charge is 0.486 e. The standard InChI is InChI=1S/C19H17ClN2O2S/c1-22(11-14-5-3-2-4-6-14)19(23)17-13-25-18(21-17)12-24-16-9-7-15(20)8-10-16/h2-10,13H,11-12H2,1H3. The topological polar surface area (TPSA) is 42.4 Å². The molecule has 0 radical (unpaired) electrons. The van der Waals surface area contributed by atoms with Gasteiger partial charge in [-0.1, -0.05) is 41.9 Å². The fraction of sp³-hybridized carbons (Fsp3) is 0.158. The Kier molecular flexibility index (Phi) is 5.68. The van der Waals surface area contributed by atoms with Crippen LogP contribution >= 0.6 is 22.9 Å². The van der Waals surface area contributed by atoms with Crippen molar-refractivity contribution in [1.29, 1.82) is 0 Å². The minimum absolute atomic E-state index is 0.0992. The van der Waals surface area contributed by atoms with Crippen molar-refractivity contribution in [2.75, 3.05) is 7.05 Å². The lowest BCUT2D eigenvalue weighted by molar-refractivity contribution is 0.0779. The van der Waals surface area contributed by atoms with Crippen molar-refractivity contribution in [2.24, 2.45) is 0 Å². The van der Waals surface area contributed by atoms with Gasteiger partial charge in [-0.2, -0.15) is 0 Å². The lowest BCUT2D eigenvalue weighted by Crippen LogP contribution is -2.26. The summed E-state index contributed by atoms with van der Waals surface area (Å²) < 4.78 is 5.66. The van der Waals surface area contributed by atoms with Crippen LogP contribution in [0.3, 0.4) is 0 Å². The predicted molar refractivity (Wildman–Crippen MR) is 100 cm³/mol. The van der Waals surface area contributed by atoms with Gasteiger partial charge in [-0.3, -0.25) is 4.79 Å². The molecule has 6 heteroatoms. The van der Waals surface area contributed by atoms with Crippen LogP contribution in [0, 0.1) is 0 Å². The number of ether oxygens (including phenoxy) is 1. The molecule has 0 atom stereocenters. The lowest BCUT2D eigenvalue weighted by Gasteiger charge is -2.15. The zero-order chi connectivity index (χ0) is 17.6. The average molecular weight is 373 g/mol. The van der Waals surface area contributed by atoms with Gasteiger partial charge >= 0.3 is 0 Å². The summed E-state index contributed by atoms with van der Waals surface area (Å²) in [6, 6.07) is 17.0. The SMILES string of the molecule is CN(Cc1ccccc1)C(=O)c1csc(COc2ccc(Cl)cc2)n1. The van der Waals surface area contributed by atoms with Crippen molar-refractivity contribution in [3.8, 4) is 5.75 Å². The van der Waals surface area contributed by atoms with Crippen LogP contribution in [0.1, 0.15) is 21.1 Å². The number of hydrogen-bond acceptors (Lipinski definition) is 4. The molecule has 0 saturated heterocycles. The first kappa shape index (κ1) is 17.5. The summed E-state index contributed by atoms with van der Waals surface area (Å²) in [4.78, 5) is 18.5. The van der Waals surface area contributed by atoms with Gasteiger partial charge in [0.2, 0.25) is 0 Å². The van der Waals surface area contributed by atoms with Crippen LogP contribution in [0.5, 0.6) is 5.75 Å². The number of hydrogen-bond donors (Lipinski definition) is 0. The van der Waals surface area contributed by atoms with E-state index >= 15 is 0 Å². The Bertz CT molecular complexity index is 834. The molecule has 0 bridgehead atoms. The van der Waals surface area contributed by atoms with E-state index in [0.717, 1.165) is 10.6 Å². The molecule has 128 valence electrons. The molecule has 0 aliphatic carbocycles. The van der Waals surface area contributed by atoms with Gasteiger partial charge in [0.15, 0.2) is 0 Å². The number of rotatable bonds is 6. The molecule has 1 heterocycles. The van der Waals surface area contributed by atoms with E-state index in [1.54, 1.807) is 41.6 Å². The molecule has 4 nitrogen and oxygen atoms in total. The molecule has 0 saturated carbocycles. The second kappa shape index (κ2) is 8.14. The number of thiazole rings is 1. The van der Waals surface area contributed by atoms with Gasteiger partial charge < -0.3 is 9.64 Å². The molecule has 0 spiro atoms. The van der Waals surface area contributed by atoms with Crippen molar-refractivity contribution < 1.29 is 9.53 Å². The minimum atomic E-state index is -0.0992. The summed E-state index contributed by atoms with van der Waals surface area (Å²) in [6.07, 6.45) is 0. The highest BCUT2D eigenvalue weighted by Gasteiger charge is 2.16. The Labute approximate surface area is 155 Å². The second-order valence-corrected chi connectivity index (χ2v) is 6.89. The number of carbonyl (C=O) groups is 1. The molecule has 3 rings (SSSR count). The predicted octanol–water partition coefficient (Wildman–Crippen LogP) is 4.65. The van der Waals surface area contributed by atoms with Crippen molar-refractivity contribution in [3.63, 3.8) is 0 Å². The summed E-state index contributed by atoms with van der Waals surface area (Å²) >= 11 is 7.26. The minimum Gasteiger partial charge on any atom is -0.486 e. The number of benzene rings is 2. The first-order chi connectivity index (χ1) is 12.1. The van der Waals surface area contributed by atoms with E-state index in [-0.39, 0.29) is 5.91 Å². The Morgan fingerprint density at radius 3 is 2.60 bits per heavy atom. The Hall–Kier alpha value is -2.37. The third-order valence-corrected chi connectivity index (χ3v) is 4.63. The van der Waals surface area contributed by atoms with E-state index < -0.39 is 0 Å². The maximum atomic E-state index is 12.5. The van der Waals surface area contributed by atoms with Crippen LogP contribution in [0.4, 0.5) is 0 Å². The molecule has 0 fully saturated rings. The van der Waals surface area contributed by atoms with E-state index in [0.29, 0.717) is 29.6 Å². The average Bonchev–Trinajstić information content (AvgIpc) is 3.10. The molecular formula is C19H17ClN2O2S. The molecular weight excluding hydrogens is 356 g/mol. The normalized spacial score (nSPS) is 10.5. The first-order valence-electron chi connectivity index (χ1n) is 7.74. The highest BCUT2D eigenvalue weighted by molar-refractivity contribution is 7.09. The summed E-state index contributed by atoms with van der Waals surface area (Å²) in [7, 11) is 1.78. The Balaban J connectivity index is 1.58. The van der Waals surface area contributed by atoms with Crippen molar-refractivity contribution in [2.45, 2.75) is 13.2 Å². The molecule has 0 aliphatic heterocycles. The van der Waals surface area contributed by atoms with Crippen LogP contribution in [-0.2, 0) is 13.2 Å². The number of nitrogens with zero attached hydrogens (tertiary/aromatic N) is 2. The third kappa shape index (κ3) is 4.81. The van der Waals surface area contributed by atoms with E-state index in [2.05, 4.69) is 4.98 Å². The van der Waals surface area contributed by atoms with E-state index in [9.17, 15) is 4.79 Å². The summed E-state index contributed by atoms with van der Waals surface area (Å²) in [5, 5.41) is 3.19. The van der Waals surface area contributed by atoms with E-state index in [4.69, 9.17) is 16.3 Å². The lowest BCUT2D eigenvalue weighted by atomic mass is 10.2. The van der Waals surface area contributed by atoms with E-state index in [1.165, 1.54) is 11.3 Å². The summed E-state index contributed by atoms with van der Waals surface area (Å²) in [6.45, 7) is 0.871. The third-order valence-electron chi connectivity index (χ3n) is 3.56.